The third-order valence-electron chi connectivity index (χ3n) is 4.16. The normalized spacial score (nSPS) is 11.0. The number of amides is 1. The summed E-state index contributed by atoms with van der Waals surface area (Å²) in [5, 5.41) is 9.08. The molecule has 0 unspecified atom stereocenters. The number of H-pyrrole nitrogens is 1. The molecule has 26 heavy (non-hydrogen) atoms. The highest BCUT2D eigenvalue weighted by atomic mass is 35.5. The number of aryl methyl sites for hydroxylation is 1. The highest BCUT2D eigenvalue weighted by molar-refractivity contribution is 6.36. The van der Waals surface area contributed by atoms with E-state index in [1.54, 1.807) is 31.4 Å². The maximum atomic E-state index is 12.3. The Kier molecular flexibility index (Phi) is 4.18. The Morgan fingerprint density at radius 2 is 1.96 bits per heavy atom. The fraction of sp³-hybridized carbons (Fsp3) is 0.0526. The number of aromatic amines is 1. The number of carbonyl (C=O) groups excluding carboxylic acids is 1. The maximum absolute atomic E-state index is 12.3. The molecule has 0 saturated carbocycles. The van der Waals surface area contributed by atoms with Crippen LogP contribution in [0, 0.1) is 0 Å². The number of hydrogen-bond acceptors (Lipinski definition) is 2. The van der Waals surface area contributed by atoms with Gasteiger partial charge in [-0.25, -0.2) is 0 Å². The third kappa shape index (κ3) is 3.07. The molecule has 0 atom stereocenters. The number of fused-ring (bicyclic) bond motifs is 1. The summed E-state index contributed by atoms with van der Waals surface area (Å²) in [5.41, 5.74) is 3.84. The van der Waals surface area contributed by atoms with Crippen LogP contribution in [-0.4, -0.2) is 20.7 Å². The summed E-state index contributed by atoms with van der Waals surface area (Å²) in [6.07, 6.45) is 1.59. The number of hydrogen-bond donors (Lipinski definition) is 2. The Morgan fingerprint density at radius 1 is 1.12 bits per heavy atom. The molecule has 5 nitrogen and oxygen atoms in total. The fourth-order valence-corrected chi connectivity index (χ4v) is 3.36. The molecular weight excluding hydrogens is 371 g/mol. The number of benzene rings is 2. The van der Waals surface area contributed by atoms with Crippen molar-refractivity contribution in [1.29, 1.82) is 0 Å². The Morgan fingerprint density at radius 3 is 2.69 bits per heavy atom. The first-order chi connectivity index (χ1) is 12.5. The van der Waals surface area contributed by atoms with Crippen molar-refractivity contribution < 1.29 is 4.79 Å². The molecule has 2 aromatic carbocycles. The van der Waals surface area contributed by atoms with E-state index in [1.165, 1.54) is 4.68 Å². The molecule has 2 heterocycles. The van der Waals surface area contributed by atoms with Crippen molar-refractivity contribution in [2.24, 2.45) is 7.05 Å². The lowest BCUT2D eigenvalue weighted by atomic mass is 10.1. The molecule has 0 saturated heterocycles. The first-order valence-corrected chi connectivity index (χ1v) is 8.64. The number of nitrogens with one attached hydrogen (secondary N) is 2. The lowest BCUT2D eigenvalue weighted by Gasteiger charge is -2.05. The zero-order chi connectivity index (χ0) is 18.3. The highest BCUT2D eigenvalue weighted by Crippen LogP contribution is 2.32. The summed E-state index contributed by atoms with van der Waals surface area (Å²) in [6.45, 7) is 0. The largest absolute Gasteiger partial charge is 0.354 e. The van der Waals surface area contributed by atoms with Gasteiger partial charge in [-0.15, -0.1) is 0 Å². The second-order valence-corrected chi connectivity index (χ2v) is 6.75. The number of anilines is 1. The van der Waals surface area contributed by atoms with E-state index in [9.17, 15) is 4.79 Å². The van der Waals surface area contributed by atoms with E-state index in [1.807, 2.05) is 30.3 Å². The van der Waals surface area contributed by atoms with Gasteiger partial charge in [-0.2, -0.15) is 5.10 Å². The molecule has 0 radical (unpaired) electrons. The molecule has 0 aliphatic rings. The van der Waals surface area contributed by atoms with E-state index in [-0.39, 0.29) is 5.91 Å². The van der Waals surface area contributed by atoms with Crippen molar-refractivity contribution in [3.63, 3.8) is 0 Å². The van der Waals surface area contributed by atoms with E-state index in [2.05, 4.69) is 15.4 Å². The first kappa shape index (κ1) is 16.7. The molecule has 0 aliphatic heterocycles. The van der Waals surface area contributed by atoms with E-state index >= 15 is 0 Å². The average Bonchev–Trinajstić information content (AvgIpc) is 3.20. The van der Waals surface area contributed by atoms with Gasteiger partial charge in [0, 0.05) is 46.1 Å². The Balaban J connectivity index is 1.66. The van der Waals surface area contributed by atoms with Gasteiger partial charge >= 0.3 is 0 Å². The summed E-state index contributed by atoms with van der Waals surface area (Å²) in [4.78, 5) is 15.7. The second-order valence-electron chi connectivity index (χ2n) is 5.90. The van der Waals surface area contributed by atoms with E-state index in [4.69, 9.17) is 23.2 Å². The zero-order valence-electron chi connectivity index (χ0n) is 13.8. The summed E-state index contributed by atoms with van der Waals surface area (Å²) < 4.78 is 1.53. The van der Waals surface area contributed by atoms with Crippen molar-refractivity contribution in [3.05, 3.63) is 70.5 Å². The molecule has 130 valence electrons. The summed E-state index contributed by atoms with van der Waals surface area (Å²) in [7, 11) is 1.73. The molecule has 4 aromatic rings. The molecule has 1 amide bonds. The van der Waals surface area contributed by atoms with Crippen molar-refractivity contribution >= 4 is 45.7 Å². The van der Waals surface area contributed by atoms with E-state index < -0.39 is 0 Å². The summed E-state index contributed by atoms with van der Waals surface area (Å²) in [6, 6.07) is 14.8. The van der Waals surface area contributed by atoms with Crippen LogP contribution in [0.25, 0.3) is 22.2 Å². The summed E-state index contributed by atoms with van der Waals surface area (Å²) in [5.74, 6) is -0.211. The maximum Gasteiger partial charge on any atom is 0.273 e. The monoisotopic (exact) mass is 384 g/mol. The van der Waals surface area contributed by atoms with Crippen LogP contribution >= 0.6 is 23.2 Å². The van der Waals surface area contributed by atoms with Crippen LogP contribution in [0.5, 0.6) is 0 Å². The quantitative estimate of drug-likeness (QED) is 0.514. The van der Waals surface area contributed by atoms with Crippen LogP contribution in [0.1, 0.15) is 10.5 Å². The molecule has 0 spiro atoms. The van der Waals surface area contributed by atoms with Gasteiger partial charge in [0.25, 0.3) is 5.91 Å². The third-order valence-corrected chi connectivity index (χ3v) is 4.70. The number of aromatic nitrogens is 3. The van der Waals surface area contributed by atoms with Crippen LogP contribution in [0.2, 0.25) is 10.0 Å². The second kappa shape index (κ2) is 6.52. The predicted molar refractivity (Wildman–Crippen MR) is 105 cm³/mol. The minimum atomic E-state index is -0.211. The fourth-order valence-electron chi connectivity index (χ4n) is 2.85. The molecule has 2 aromatic heterocycles. The van der Waals surface area contributed by atoms with E-state index in [0.29, 0.717) is 21.4 Å². The standard InChI is InChI=1S/C19H14Cl2N4O/c1-25-18(6-7-22-25)19(26)23-13-4-2-11-8-17(24-16(11)10-13)14-5-3-12(20)9-15(14)21/h2-10,24H,1H3,(H,23,26). The molecule has 0 bridgehead atoms. The van der Waals surface area contributed by atoms with Gasteiger partial charge in [-0.1, -0.05) is 29.3 Å². The van der Waals surface area contributed by atoms with Gasteiger partial charge in [-0.3, -0.25) is 9.48 Å². The number of nitrogens with zero attached hydrogens (tertiary/aromatic N) is 2. The van der Waals surface area contributed by atoms with Crippen LogP contribution in [0.4, 0.5) is 5.69 Å². The van der Waals surface area contributed by atoms with Gasteiger partial charge in [0.2, 0.25) is 0 Å². The smallest absolute Gasteiger partial charge is 0.273 e. The van der Waals surface area contributed by atoms with Gasteiger partial charge < -0.3 is 10.3 Å². The molecule has 4 rings (SSSR count). The van der Waals surface area contributed by atoms with Crippen LogP contribution in [0.3, 0.4) is 0 Å². The first-order valence-electron chi connectivity index (χ1n) is 7.89. The lowest BCUT2D eigenvalue weighted by Crippen LogP contribution is -2.15. The van der Waals surface area contributed by atoms with Crippen LogP contribution < -0.4 is 5.32 Å². The van der Waals surface area contributed by atoms with Gasteiger partial charge in [-0.05, 0) is 42.5 Å². The zero-order valence-corrected chi connectivity index (χ0v) is 15.3. The number of halogens is 2. The van der Waals surface area contributed by atoms with Crippen molar-refractivity contribution in [3.8, 4) is 11.3 Å². The minimum Gasteiger partial charge on any atom is -0.354 e. The highest BCUT2D eigenvalue weighted by Gasteiger charge is 2.12. The Hall–Kier alpha value is -2.76. The van der Waals surface area contributed by atoms with Crippen LogP contribution in [-0.2, 0) is 7.05 Å². The van der Waals surface area contributed by atoms with Gasteiger partial charge in [0.05, 0.1) is 5.02 Å². The number of carbonyl (C=O) groups is 1. The number of rotatable bonds is 3. The van der Waals surface area contributed by atoms with Crippen LogP contribution in [0.15, 0.2) is 54.7 Å². The Labute approximate surface area is 159 Å². The molecule has 2 N–H and O–H groups in total. The minimum absolute atomic E-state index is 0.211. The molecule has 7 heteroatoms. The predicted octanol–water partition coefficient (Wildman–Crippen LogP) is 5.13. The molecule has 0 fully saturated rings. The Bertz CT molecular complexity index is 1130. The van der Waals surface area contributed by atoms with E-state index in [0.717, 1.165) is 22.2 Å². The average molecular weight is 385 g/mol. The molecule has 0 aliphatic carbocycles. The topological polar surface area (TPSA) is 62.7 Å². The van der Waals surface area contributed by atoms with Crippen molar-refractivity contribution in [2.45, 2.75) is 0 Å². The van der Waals surface area contributed by atoms with Crippen molar-refractivity contribution in [1.82, 2.24) is 14.8 Å². The van der Waals surface area contributed by atoms with Crippen molar-refractivity contribution in [2.75, 3.05) is 5.32 Å². The van der Waals surface area contributed by atoms with Gasteiger partial charge in [0.1, 0.15) is 5.69 Å². The SMILES string of the molecule is Cn1nccc1C(=O)Nc1ccc2cc(-c3ccc(Cl)cc3Cl)[nH]c2c1. The lowest BCUT2D eigenvalue weighted by molar-refractivity contribution is 0.101. The van der Waals surface area contributed by atoms with Gasteiger partial charge in [0.15, 0.2) is 0 Å². The summed E-state index contributed by atoms with van der Waals surface area (Å²) >= 11 is 12.3. The molecular formula is C19H14Cl2N4O.